The van der Waals surface area contributed by atoms with Crippen molar-refractivity contribution in [1.82, 2.24) is 15.0 Å². The van der Waals surface area contributed by atoms with E-state index in [2.05, 4.69) is 51.9 Å². The molecule has 8 rings (SSSR count). The van der Waals surface area contributed by atoms with Gasteiger partial charge in [-0.25, -0.2) is 4.68 Å². The van der Waals surface area contributed by atoms with Crippen LogP contribution in [0.25, 0.3) is 6.08 Å². The Labute approximate surface area is 390 Å². The number of esters is 3. The highest BCUT2D eigenvalue weighted by Crippen LogP contribution is 2.75. The van der Waals surface area contributed by atoms with Gasteiger partial charge in [0.15, 0.2) is 23.9 Å². The molecule has 13 nitrogen and oxygen atoms in total. The molecule has 13 atom stereocenters. The molecule has 0 radical (unpaired) electrons. The molecule has 1 saturated heterocycles. The summed E-state index contributed by atoms with van der Waals surface area (Å²) in [7, 11) is 1.64. The maximum atomic E-state index is 15.1. The highest BCUT2D eigenvalue weighted by molar-refractivity contribution is 5.97. The lowest BCUT2D eigenvalue weighted by atomic mass is 9.33. The van der Waals surface area contributed by atoms with Crippen molar-refractivity contribution in [3.05, 3.63) is 59.4 Å². The number of hydrogen-bond acceptors (Lipinski definition) is 12. The van der Waals surface area contributed by atoms with E-state index in [4.69, 9.17) is 23.7 Å². The van der Waals surface area contributed by atoms with Crippen molar-refractivity contribution in [2.75, 3.05) is 7.11 Å². The van der Waals surface area contributed by atoms with Gasteiger partial charge < -0.3 is 23.7 Å². The summed E-state index contributed by atoms with van der Waals surface area (Å²) in [5.41, 5.74) is 0.737. The standard InChI is InChI=1S/C53H71N3O10/c1-31-45(66-33(3)58)42(65-32(2)57)27-44(64-31)56-29-35(54-55-56)30-63-47(61)50(7)23-22-49(6)24-25-52(9)38(39(49)28-50)26-41(60)46-51(8)20-18-37(48(4,5)43(51)19-21-53(46,52)10)40(59)17-14-34-12-15-36(62-11)16-13-34/h12-17,26,29,31,37,39,42-46H,18-25,27-28,30H2,1-11H3/b17-14+/t31-,37+,39+,42-,43?,44?,45-,46+,49+,50-,51-,52+,53+/m0/s1. The summed E-state index contributed by atoms with van der Waals surface area (Å²) in [6.45, 7) is 20.3. The van der Waals surface area contributed by atoms with E-state index >= 15 is 4.79 Å². The van der Waals surface area contributed by atoms with E-state index in [1.54, 1.807) is 26.3 Å². The van der Waals surface area contributed by atoms with Crippen molar-refractivity contribution in [2.45, 2.75) is 165 Å². The van der Waals surface area contributed by atoms with Crippen molar-refractivity contribution < 1.29 is 47.7 Å². The van der Waals surface area contributed by atoms with Crippen LogP contribution in [0.3, 0.4) is 0 Å². The van der Waals surface area contributed by atoms with Crippen LogP contribution in [0.1, 0.15) is 151 Å². The number of nitrogens with zero attached hydrogens (tertiary/aromatic N) is 3. The number of carbonyl (C=O) groups is 5. The Morgan fingerprint density at radius 3 is 2.27 bits per heavy atom. The van der Waals surface area contributed by atoms with Gasteiger partial charge >= 0.3 is 17.9 Å². The number of aromatic nitrogens is 3. The topological polar surface area (TPSA) is 162 Å². The highest BCUT2D eigenvalue weighted by atomic mass is 16.6. The summed E-state index contributed by atoms with van der Waals surface area (Å²) < 4.78 is 29.9. The molecular weight excluding hydrogens is 839 g/mol. The zero-order valence-electron chi connectivity index (χ0n) is 40.9. The second-order valence-electron chi connectivity index (χ2n) is 22.7. The minimum absolute atomic E-state index is 0.0457. The molecule has 1 aromatic heterocycles. The molecule has 13 heteroatoms. The molecular formula is C53H71N3O10. The number of ether oxygens (including phenoxy) is 5. The summed E-state index contributed by atoms with van der Waals surface area (Å²) in [4.78, 5) is 67.0. The fraction of sp³-hybridized carbons (Fsp3) is 0.679. The maximum absolute atomic E-state index is 15.1. The van der Waals surface area contributed by atoms with Crippen LogP contribution in [-0.2, 0) is 49.5 Å². The highest BCUT2D eigenvalue weighted by Gasteiger charge is 2.70. The van der Waals surface area contributed by atoms with Crippen molar-refractivity contribution in [3.63, 3.8) is 0 Å². The van der Waals surface area contributed by atoms with Gasteiger partial charge in [-0.2, -0.15) is 0 Å². The molecule has 358 valence electrons. The van der Waals surface area contributed by atoms with E-state index in [-0.39, 0.29) is 81.3 Å². The molecule has 1 aromatic carbocycles. The zero-order chi connectivity index (χ0) is 47.8. The van der Waals surface area contributed by atoms with E-state index in [1.165, 1.54) is 24.1 Å². The van der Waals surface area contributed by atoms with Crippen LogP contribution in [0.15, 0.2) is 48.2 Å². The molecule has 0 spiro atoms. The Balaban J connectivity index is 0.969. The first kappa shape index (κ1) is 47.8. The van der Waals surface area contributed by atoms with Gasteiger partial charge in [-0.1, -0.05) is 70.5 Å². The van der Waals surface area contributed by atoms with E-state index < -0.39 is 41.9 Å². The van der Waals surface area contributed by atoms with Crippen LogP contribution in [-0.4, -0.2) is 69.9 Å². The van der Waals surface area contributed by atoms with Gasteiger partial charge in [-0.3, -0.25) is 24.0 Å². The number of hydrogen-bond donors (Lipinski definition) is 0. The summed E-state index contributed by atoms with van der Waals surface area (Å²) in [5.74, 6) is -0.175. The molecule has 2 unspecified atom stereocenters. The third kappa shape index (κ3) is 8.06. The van der Waals surface area contributed by atoms with Gasteiger partial charge in [0, 0.05) is 32.1 Å². The summed E-state index contributed by atoms with van der Waals surface area (Å²) in [6.07, 6.45) is 12.4. The monoisotopic (exact) mass is 910 g/mol. The lowest BCUT2D eigenvalue weighted by Gasteiger charge is -2.70. The van der Waals surface area contributed by atoms with E-state index in [0.29, 0.717) is 18.5 Å². The Morgan fingerprint density at radius 2 is 1.59 bits per heavy atom. The number of fused-ring (bicyclic) bond motifs is 7. The minimum Gasteiger partial charge on any atom is -0.497 e. The van der Waals surface area contributed by atoms with Gasteiger partial charge in [0.2, 0.25) is 0 Å². The summed E-state index contributed by atoms with van der Waals surface area (Å²) in [6, 6.07) is 7.72. The van der Waals surface area contributed by atoms with Crippen LogP contribution >= 0.6 is 0 Å². The van der Waals surface area contributed by atoms with E-state index in [1.807, 2.05) is 43.3 Å². The van der Waals surface area contributed by atoms with Gasteiger partial charge in [-0.05, 0) is 140 Å². The molecule has 0 bridgehead atoms. The van der Waals surface area contributed by atoms with Crippen molar-refractivity contribution >= 4 is 35.6 Å². The third-order valence-corrected chi connectivity index (χ3v) is 18.5. The number of rotatable bonds is 10. The average Bonchev–Trinajstić information content (AvgIpc) is 3.73. The van der Waals surface area contributed by atoms with Crippen molar-refractivity contribution in [1.29, 1.82) is 0 Å². The van der Waals surface area contributed by atoms with Gasteiger partial charge in [0.1, 0.15) is 24.2 Å². The third-order valence-electron chi connectivity index (χ3n) is 18.5. The fourth-order valence-electron chi connectivity index (χ4n) is 14.6. The predicted molar refractivity (Wildman–Crippen MR) is 245 cm³/mol. The molecule has 0 N–H and O–H groups in total. The zero-order valence-corrected chi connectivity index (χ0v) is 40.9. The Kier molecular flexibility index (Phi) is 12.4. The quantitative estimate of drug-likeness (QED) is 0.126. The second-order valence-corrected chi connectivity index (χ2v) is 22.7. The van der Waals surface area contributed by atoms with Crippen LogP contribution in [0, 0.1) is 56.2 Å². The molecule has 0 amide bonds. The normalized spacial score (nSPS) is 39.3. The van der Waals surface area contributed by atoms with Crippen LogP contribution < -0.4 is 4.74 Å². The fourth-order valence-corrected chi connectivity index (χ4v) is 14.6. The Hall–Kier alpha value is -4.65. The second kappa shape index (κ2) is 17.1. The summed E-state index contributed by atoms with van der Waals surface area (Å²) in [5, 5.41) is 8.53. The molecule has 5 aliphatic carbocycles. The molecule has 2 aromatic rings. The molecule has 6 aliphatic rings. The number of benzene rings is 1. The first-order chi connectivity index (χ1) is 31.0. The van der Waals surface area contributed by atoms with Crippen LogP contribution in [0.2, 0.25) is 0 Å². The lowest BCUT2D eigenvalue weighted by molar-refractivity contribution is -0.216. The largest absolute Gasteiger partial charge is 0.497 e. The van der Waals surface area contributed by atoms with E-state index in [9.17, 15) is 19.2 Å². The van der Waals surface area contributed by atoms with Gasteiger partial charge in [-0.15, -0.1) is 5.10 Å². The maximum Gasteiger partial charge on any atom is 0.312 e. The predicted octanol–water partition coefficient (Wildman–Crippen LogP) is 9.38. The SMILES string of the molecule is COc1ccc(/C=C/C(=O)[C@H]2CC[C@@]3(C)C(CC[C@]4(C)[C@@H]3C(=O)C=C3[C@H]5C[C@@](C)(C(=O)OCc6cn(C7C[C@H](OC(C)=O)[C@@H](OC(C)=O)[C@H](C)O7)nn6)CC[C@]5(C)CC[C@]34C)C2(C)C)cc1. The number of carbonyl (C=O) groups excluding carboxylic acids is 5. The molecule has 2 heterocycles. The smallest absolute Gasteiger partial charge is 0.312 e. The van der Waals surface area contributed by atoms with Crippen molar-refractivity contribution in [3.8, 4) is 5.75 Å². The number of ketones is 2. The first-order valence-corrected chi connectivity index (χ1v) is 24.2. The Morgan fingerprint density at radius 1 is 0.894 bits per heavy atom. The molecule has 1 aliphatic heterocycles. The molecule has 4 saturated carbocycles. The van der Waals surface area contributed by atoms with Gasteiger partial charge in [0.25, 0.3) is 0 Å². The molecule has 5 fully saturated rings. The average molecular weight is 910 g/mol. The number of allylic oxidation sites excluding steroid dienone is 3. The Bertz CT molecular complexity index is 2320. The van der Waals surface area contributed by atoms with Crippen LogP contribution in [0.4, 0.5) is 0 Å². The van der Waals surface area contributed by atoms with Crippen molar-refractivity contribution in [2.24, 2.45) is 56.2 Å². The van der Waals surface area contributed by atoms with Gasteiger partial charge in [0.05, 0.1) is 24.8 Å². The first-order valence-electron chi connectivity index (χ1n) is 24.2. The number of methoxy groups -OCH3 is 1. The van der Waals surface area contributed by atoms with E-state index in [0.717, 1.165) is 56.3 Å². The molecule has 66 heavy (non-hydrogen) atoms. The lowest BCUT2D eigenvalue weighted by Crippen LogP contribution is -2.66. The van der Waals surface area contributed by atoms with Crippen LogP contribution in [0.5, 0.6) is 5.75 Å². The summed E-state index contributed by atoms with van der Waals surface area (Å²) >= 11 is 0. The minimum atomic E-state index is -0.772.